The van der Waals surface area contributed by atoms with Gasteiger partial charge < -0.3 is 9.84 Å². The fourth-order valence-corrected chi connectivity index (χ4v) is 3.32. The molecule has 1 atom stereocenters. The number of halogens is 1. The molecular formula is C13H16FNO5S. The van der Waals surface area contributed by atoms with E-state index in [1.165, 1.54) is 6.92 Å². The van der Waals surface area contributed by atoms with Gasteiger partial charge in [0.05, 0.1) is 16.6 Å². The smallest absolute Gasteiger partial charge is 0.338 e. The summed E-state index contributed by atoms with van der Waals surface area (Å²) in [6, 6.07) is 1.93. The summed E-state index contributed by atoms with van der Waals surface area (Å²) in [6.07, 6.45) is 1.47. The lowest BCUT2D eigenvalue weighted by Gasteiger charge is -2.12. The van der Waals surface area contributed by atoms with E-state index in [0.717, 1.165) is 25.0 Å². The molecule has 0 bridgehead atoms. The maximum atomic E-state index is 13.6. The summed E-state index contributed by atoms with van der Waals surface area (Å²) in [5, 5.41) is 8.91. The van der Waals surface area contributed by atoms with Gasteiger partial charge in [-0.2, -0.15) is 0 Å². The Morgan fingerprint density at radius 2 is 2.24 bits per heavy atom. The van der Waals surface area contributed by atoms with Crippen LogP contribution in [0.2, 0.25) is 0 Å². The highest BCUT2D eigenvalue weighted by Gasteiger charge is 2.23. The molecule has 1 aromatic rings. The SMILES string of the molecule is Cc1cc(S(=O)(=O)NCC2CCCO2)cc(C(=O)O)c1F. The largest absolute Gasteiger partial charge is 0.478 e. The molecule has 1 fully saturated rings. The highest BCUT2D eigenvalue weighted by atomic mass is 32.2. The van der Waals surface area contributed by atoms with E-state index in [-0.39, 0.29) is 23.1 Å². The van der Waals surface area contributed by atoms with Crippen LogP contribution in [-0.2, 0) is 14.8 Å². The molecule has 0 spiro atoms. The average molecular weight is 317 g/mol. The van der Waals surface area contributed by atoms with Crippen molar-refractivity contribution in [3.8, 4) is 0 Å². The predicted molar refractivity (Wildman–Crippen MR) is 72.3 cm³/mol. The highest BCUT2D eigenvalue weighted by Crippen LogP contribution is 2.20. The minimum Gasteiger partial charge on any atom is -0.478 e. The molecule has 1 aromatic carbocycles. The summed E-state index contributed by atoms with van der Waals surface area (Å²) in [5.74, 6) is -2.44. The van der Waals surface area contributed by atoms with Crippen molar-refractivity contribution in [2.75, 3.05) is 13.2 Å². The monoisotopic (exact) mass is 317 g/mol. The molecule has 0 amide bonds. The molecule has 6 nitrogen and oxygen atoms in total. The first-order chi connectivity index (χ1) is 9.81. The Balaban J connectivity index is 2.24. The average Bonchev–Trinajstić information content (AvgIpc) is 2.92. The highest BCUT2D eigenvalue weighted by molar-refractivity contribution is 7.89. The predicted octanol–water partition coefficient (Wildman–Crippen LogP) is 1.29. The maximum Gasteiger partial charge on any atom is 0.338 e. The van der Waals surface area contributed by atoms with Gasteiger partial charge in [0, 0.05) is 13.2 Å². The van der Waals surface area contributed by atoms with Crippen molar-refractivity contribution >= 4 is 16.0 Å². The second kappa shape index (κ2) is 6.08. The quantitative estimate of drug-likeness (QED) is 0.853. The van der Waals surface area contributed by atoms with Crippen LogP contribution in [0.1, 0.15) is 28.8 Å². The van der Waals surface area contributed by atoms with Gasteiger partial charge >= 0.3 is 5.97 Å². The molecule has 21 heavy (non-hydrogen) atoms. The van der Waals surface area contributed by atoms with E-state index in [1.807, 2.05) is 0 Å². The van der Waals surface area contributed by atoms with E-state index in [0.29, 0.717) is 6.61 Å². The summed E-state index contributed by atoms with van der Waals surface area (Å²) in [4.78, 5) is 10.7. The molecule has 0 saturated carbocycles. The minimum atomic E-state index is -3.90. The van der Waals surface area contributed by atoms with Crippen LogP contribution in [0.3, 0.4) is 0 Å². The number of benzene rings is 1. The normalized spacial score (nSPS) is 18.9. The summed E-state index contributed by atoms with van der Waals surface area (Å²) < 4.78 is 45.6. The minimum absolute atomic E-state index is 0.0348. The molecule has 0 radical (unpaired) electrons. The van der Waals surface area contributed by atoms with Gasteiger partial charge in [-0.25, -0.2) is 22.3 Å². The number of ether oxygens (including phenoxy) is 1. The number of hydrogen-bond donors (Lipinski definition) is 2. The third-order valence-corrected chi connectivity index (χ3v) is 4.70. The number of sulfonamides is 1. The lowest BCUT2D eigenvalue weighted by atomic mass is 10.1. The van der Waals surface area contributed by atoms with E-state index < -0.39 is 27.4 Å². The number of aromatic carboxylic acids is 1. The lowest BCUT2D eigenvalue weighted by Crippen LogP contribution is -2.32. The van der Waals surface area contributed by atoms with Crippen molar-refractivity contribution in [1.29, 1.82) is 0 Å². The van der Waals surface area contributed by atoms with Crippen LogP contribution >= 0.6 is 0 Å². The summed E-state index contributed by atoms with van der Waals surface area (Å²) in [7, 11) is -3.90. The van der Waals surface area contributed by atoms with E-state index in [4.69, 9.17) is 9.84 Å². The summed E-state index contributed by atoms with van der Waals surface area (Å²) >= 11 is 0. The van der Waals surface area contributed by atoms with Crippen molar-refractivity contribution in [3.63, 3.8) is 0 Å². The molecule has 1 heterocycles. The number of rotatable bonds is 5. The van der Waals surface area contributed by atoms with E-state index >= 15 is 0 Å². The topological polar surface area (TPSA) is 92.7 Å². The van der Waals surface area contributed by atoms with E-state index in [1.54, 1.807) is 0 Å². The van der Waals surface area contributed by atoms with Gasteiger partial charge in [0.2, 0.25) is 10.0 Å². The van der Waals surface area contributed by atoms with Crippen LogP contribution in [-0.4, -0.2) is 38.7 Å². The number of hydrogen-bond acceptors (Lipinski definition) is 4. The van der Waals surface area contributed by atoms with Crippen LogP contribution in [0, 0.1) is 12.7 Å². The molecule has 1 unspecified atom stereocenters. The van der Waals surface area contributed by atoms with Crippen LogP contribution in [0.4, 0.5) is 4.39 Å². The molecule has 8 heteroatoms. The Kier molecular flexibility index (Phi) is 4.60. The molecule has 116 valence electrons. The summed E-state index contributed by atoms with van der Waals surface area (Å²) in [5.41, 5.74) is -0.695. The van der Waals surface area contributed by atoms with Crippen LogP contribution in [0.5, 0.6) is 0 Å². The first kappa shape index (κ1) is 15.9. The van der Waals surface area contributed by atoms with Crippen LogP contribution in [0.25, 0.3) is 0 Å². The fraction of sp³-hybridized carbons (Fsp3) is 0.462. The molecule has 1 saturated heterocycles. The second-order valence-corrected chi connectivity index (χ2v) is 6.66. The van der Waals surface area contributed by atoms with Gasteiger partial charge in [0.25, 0.3) is 0 Å². The van der Waals surface area contributed by atoms with Gasteiger partial charge in [-0.3, -0.25) is 0 Å². The molecule has 1 aliphatic rings. The summed E-state index contributed by atoms with van der Waals surface area (Å²) in [6.45, 7) is 2.03. The van der Waals surface area contributed by atoms with Crippen molar-refractivity contribution in [3.05, 3.63) is 29.1 Å². The number of carboxylic acids is 1. The van der Waals surface area contributed by atoms with Crippen molar-refractivity contribution in [1.82, 2.24) is 4.72 Å². The first-order valence-corrected chi connectivity index (χ1v) is 7.94. The third kappa shape index (κ3) is 3.58. The van der Waals surface area contributed by atoms with Gasteiger partial charge in [0.1, 0.15) is 5.82 Å². The molecule has 2 rings (SSSR count). The molecule has 0 aliphatic carbocycles. The number of carbonyl (C=O) groups is 1. The zero-order valence-electron chi connectivity index (χ0n) is 11.4. The Morgan fingerprint density at radius 1 is 1.52 bits per heavy atom. The molecular weight excluding hydrogens is 301 g/mol. The van der Waals surface area contributed by atoms with Gasteiger partial charge in [-0.05, 0) is 37.5 Å². The molecule has 1 aliphatic heterocycles. The van der Waals surface area contributed by atoms with Gasteiger partial charge in [-0.1, -0.05) is 0 Å². The van der Waals surface area contributed by atoms with Gasteiger partial charge in [0.15, 0.2) is 0 Å². The molecule has 0 aromatic heterocycles. The van der Waals surface area contributed by atoms with E-state index in [2.05, 4.69) is 4.72 Å². The Labute approximate surface area is 122 Å². The van der Waals surface area contributed by atoms with Gasteiger partial charge in [-0.15, -0.1) is 0 Å². The number of aryl methyl sites for hydroxylation is 1. The number of carboxylic acid groups (broad SMARTS) is 1. The van der Waals surface area contributed by atoms with Crippen molar-refractivity contribution < 1.29 is 27.4 Å². The van der Waals surface area contributed by atoms with E-state index in [9.17, 15) is 17.6 Å². The van der Waals surface area contributed by atoms with Crippen molar-refractivity contribution in [2.24, 2.45) is 0 Å². The fourth-order valence-electron chi connectivity index (χ4n) is 2.14. The molecule has 2 N–H and O–H groups in total. The number of nitrogens with one attached hydrogen (secondary N) is 1. The maximum absolute atomic E-state index is 13.6. The zero-order chi connectivity index (χ0) is 15.6. The Hall–Kier alpha value is -1.51. The second-order valence-electron chi connectivity index (χ2n) is 4.89. The standard InChI is InChI=1S/C13H16FNO5S/c1-8-5-10(6-11(12(8)14)13(16)17)21(18,19)15-7-9-3-2-4-20-9/h5-6,9,15H,2-4,7H2,1H3,(H,16,17). The Morgan fingerprint density at radius 3 is 2.81 bits per heavy atom. The van der Waals surface area contributed by atoms with Crippen LogP contribution in [0.15, 0.2) is 17.0 Å². The zero-order valence-corrected chi connectivity index (χ0v) is 12.2. The Bertz CT molecular complexity index is 653. The first-order valence-electron chi connectivity index (χ1n) is 6.46. The van der Waals surface area contributed by atoms with Crippen LogP contribution < -0.4 is 4.72 Å². The lowest BCUT2D eigenvalue weighted by molar-refractivity contribution is 0.0691. The van der Waals surface area contributed by atoms with Crippen molar-refractivity contribution in [2.45, 2.75) is 30.8 Å². The third-order valence-electron chi connectivity index (χ3n) is 3.29.